The topological polar surface area (TPSA) is 47.6 Å². The Morgan fingerprint density at radius 2 is 1.94 bits per heavy atom. The SMILES string of the molecule is COCCSC(C)CC(C)(NC(C)C)C(=O)OC. The molecule has 0 fully saturated rings. The van der Waals surface area contributed by atoms with Crippen molar-refractivity contribution in [2.45, 2.75) is 50.9 Å². The van der Waals surface area contributed by atoms with E-state index in [0.29, 0.717) is 5.25 Å². The van der Waals surface area contributed by atoms with Gasteiger partial charge in [0, 0.05) is 24.2 Å². The average molecular weight is 277 g/mol. The fraction of sp³-hybridized carbons (Fsp3) is 0.923. The average Bonchev–Trinajstić information content (AvgIpc) is 2.26. The molecule has 0 aromatic rings. The Labute approximate surface area is 115 Å². The van der Waals surface area contributed by atoms with Crippen molar-refractivity contribution < 1.29 is 14.3 Å². The Kier molecular flexibility index (Phi) is 8.65. The largest absolute Gasteiger partial charge is 0.468 e. The molecular formula is C13H27NO3S. The summed E-state index contributed by atoms with van der Waals surface area (Å²) in [4.78, 5) is 11.9. The Hall–Kier alpha value is -0.260. The van der Waals surface area contributed by atoms with Crippen LogP contribution in [-0.2, 0) is 14.3 Å². The van der Waals surface area contributed by atoms with Gasteiger partial charge in [0.25, 0.3) is 0 Å². The molecule has 0 aliphatic carbocycles. The van der Waals surface area contributed by atoms with E-state index >= 15 is 0 Å². The standard InChI is InChI=1S/C13H27NO3S/c1-10(2)14-13(4,12(15)17-6)9-11(3)18-8-7-16-5/h10-11,14H,7-9H2,1-6H3. The van der Waals surface area contributed by atoms with Gasteiger partial charge in [-0.05, 0) is 27.2 Å². The summed E-state index contributed by atoms with van der Waals surface area (Å²) in [5, 5.41) is 3.68. The van der Waals surface area contributed by atoms with Crippen molar-refractivity contribution in [3.05, 3.63) is 0 Å². The summed E-state index contributed by atoms with van der Waals surface area (Å²) in [6.45, 7) is 8.84. The second-order valence-electron chi connectivity index (χ2n) is 5.00. The van der Waals surface area contributed by atoms with Gasteiger partial charge in [-0.1, -0.05) is 6.92 Å². The maximum absolute atomic E-state index is 11.9. The van der Waals surface area contributed by atoms with Gasteiger partial charge in [0.05, 0.1) is 13.7 Å². The molecule has 0 aliphatic rings. The summed E-state index contributed by atoms with van der Waals surface area (Å²) in [7, 11) is 3.13. The van der Waals surface area contributed by atoms with Gasteiger partial charge in [-0.25, -0.2) is 0 Å². The summed E-state index contributed by atoms with van der Waals surface area (Å²) in [6.07, 6.45) is 0.742. The molecule has 1 N–H and O–H groups in total. The molecule has 0 saturated carbocycles. The zero-order chi connectivity index (χ0) is 14.2. The lowest BCUT2D eigenvalue weighted by Crippen LogP contribution is -2.54. The molecule has 0 aromatic carbocycles. The van der Waals surface area contributed by atoms with Crippen LogP contribution in [0, 0.1) is 0 Å². The summed E-state index contributed by atoms with van der Waals surface area (Å²) in [6, 6.07) is 0.241. The molecule has 2 unspecified atom stereocenters. The molecule has 4 nitrogen and oxygen atoms in total. The first-order valence-electron chi connectivity index (χ1n) is 6.32. The lowest BCUT2D eigenvalue weighted by Gasteiger charge is -2.32. The quantitative estimate of drug-likeness (QED) is 0.516. The van der Waals surface area contributed by atoms with E-state index in [9.17, 15) is 4.79 Å². The first-order chi connectivity index (χ1) is 8.35. The number of hydrogen-bond acceptors (Lipinski definition) is 5. The summed E-state index contributed by atoms with van der Waals surface area (Å²) in [5.41, 5.74) is -0.623. The molecule has 18 heavy (non-hydrogen) atoms. The second-order valence-corrected chi connectivity index (χ2v) is 6.55. The third-order valence-electron chi connectivity index (χ3n) is 2.63. The van der Waals surface area contributed by atoms with E-state index in [1.54, 1.807) is 7.11 Å². The van der Waals surface area contributed by atoms with Gasteiger partial charge in [0.1, 0.15) is 5.54 Å². The monoisotopic (exact) mass is 277 g/mol. The van der Waals surface area contributed by atoms with Gasteiger partial charge in [0.15, 0.2) is 0 Å². The number of methoxy groups -OCH3 is 2. The summed E-state index contributed by atoms with van der Waals surface area (Å²) < 4.78 is 9.93. The number of carbonyl (C=O) groups is 1. The predicted octanol–water partition coefficient (Wildman–Crippen LogP) is 2.07. The van der Waals surface area contributed by atoms with Crippen LogP contribution in [0.4, 0.5) is 0 Å². The minimum atomic E-state index is -0.623. The van der Waals surface area contributed by atoms with Crippen LogP contribution in [-0.4, -0.2) is 49.4 Å². The molecule has 0 aromatic heterocycles. The third kappa shape index (κ3) is 6.61. The molecule has 0 radical (unpaired) electrons. The van der Waals surface area contributed by atoms with Gasteiger partial charge in [0.2, 0.25) is 0 Å². The Morgan fingerprint density at radius 1 is 1.33 bits per heavy atom. The highest BCUT2D eigenvalue weighted by Crippen LogP contribution is 2.23. The number of carbonyl (C=O) groups excluding carboxylic acids is 1. The second kappa shape index (κ2) is 8.77. The molecular weight excluding hydrogens is 250 g/mol. The first-order valence-corrected chi connectivity index (χ1v) is 7.37. The minimum Gasteiger partial charge on any atom is -0.468 e. The molecule has 0 aliphatic heterocycles. The van der Waals surface area contributed by atoms with E-state index in [0.717, 1.165) is 18.8 Å². The van der Waals surface area contributed by atoms with Crippen LogP contribution in [0.2, 0.25) is 0 Å². The van der Waals surface area contributed by atoms with Gasteiger partial charge in [-0.2, -0.15) is 11.8 Å². The van der Waals surface area contributed by atoms with Gasteiger partial charge in [-0.3, -0.25) is 10.1 Å². The number of esters is 1. The first kappa shape index (κ1) is 17.7. The van der Waals surface area contributed by atoms with E-state index in [2.05, 4.69) is 12.2 Å². The maximum atomic E-state index is 11.9. The Bertz CT molecular complexity index is 248. The van der Waals surface area contributed by atoms with Crippen molar-refractivity contribution in [2.75, 3.05) is 26.6 Å². The fourth-order valence-electron chi connectivity index (χ4n) is 2.03. The summed E-state index contributed by atoms with van der Waals surface area (Å²) in [5.74, 6) is 0.742. The zero-order valence-corrected chi connectivity index (χ0v) is 13.2. The molecule has 0 rings (SSSR count). The highest BCUT2D eigenvalue weighted by atomic mass is 32.2. The van der Waals surface area contributed by atoms with Crippen molar-refractivity contribution >= 4 is 17.7 Å². The van der Waals surface area contributed by atoms with E-state index in [-0.39, 0.29) is 12.0 Å². The van der Waals surface area contributed by atoms with Crippen LogP contribution < -0.4 is 5.32 Å². The number of hydrogen-bond donors (Lipinski definition) is 1. The molecule has 0 bridgehead atoms. The fourth-order valence-corrected chi connectivity index (χ4v) is 3.15. The van der Waals surface area contributed by atoms with Crippen LogP contribution in [0.3, 0.4) is 0 Å². The van der Waals surface area contributed by atoms with E-state index < -0.39 is 5.54 Å². The van der Waals surface area contributed by atoms with Gasteiger partial charge < -0.3 is 9.47 Å². The van der Waals surface area contributed by atoms with Crippen LogP contribution in [0.5, 0.6) is 0 Å². The lowest BCUT2D eigenvalue weighted by molar-refractivity contribution is -0.148. The number of nitrogens with one attached hydrogen (secondary N) is 1. The van der Waals surface area contributed by atoms with Crippen molar-refractivity contribution in [3.8, 4) is 0 Å². The van der Waals surface area contributed by atoms with Crippen LogP contribution in [0.15, 0.2) is 0 Å². The molecule has 0 spiro atoms. The maximum Gasteiger partial charge on any atom is 0.325 e. The van der Waals surface area contributed by atoms with Crippen LogP contribution in [0.1, 0.15) is 34.1 Å². The summed E-state index contributed by atoms with van der Waals surface area (Å²) >= 11 is 1.81. The highest BCUT2D eigenvalue weighted by molar-refractivity contribution is 7.99. The normalized spacial score (nSPS) is 16.4. The smallest absolute Gasteiger partial charge is 0.325 e. The van der Waals surface area contributed by atoms with E-state index in [1.165, 1.54) is 7.11 Å². The van der Waals surface area contributed by atoms with E-state index in [1.807, 2.05) is 32.5 Å². The number of ether oxygens (including phenoxy) is 2. The molecule has 0 heterocycles. The molecule has 0 amide bonds. The van der Waals surface area contributed by atoms with Crippen molar-refractivity contribution in [1.82, 2.24) is 5.32 Å². The van der Waals surface area contributed by atoms with Crippen LogP contribution in [0.25, 0.3) is 0 Å². The molecule has 5 heteroatoms. The van der Waals surface area contributed by atoms with Crippen molar-refractivity contribution in [1.29, 1.82) is 0 Å². The predicted molar refractivity (Wildman–Crippen MR) is 77.1 cm³/mol. The number of rotatable bonds is 9. The molecule has 0 saturated heterocycles. The van der Waals surface area contributed by atoms with Crippen LogP contribution >= 0.6 is 11.8 Å². The lowest BCUT2D eigenvalue weighted by atomic mass is 9.95. The third-order valence-corrected chi connectivity index (χ3v) is 3.77. The van der Waals surface area contributed by atoms with Crippen molar-refractivity contribution in [2.24, 2.45) is 0 Å². The minimum absolute atomic E-state index is 0.199. The van der Waals surface area contributed by atoms with Crippen molar-refractivity contribution in [3.63, 3.8) is 0 Å². The van der Waals surface area contributed by atoms with Gasteiger partial charge in [-0.15, -0.1) is 0 Å². The number of thioether (sulfide) groups is 1. The highest BCUT2D eigenvalue weighted by Gasteiger charge is 2.36. The molecule has 2 atom stereocenters. The molecule has 108 valence electrons. The Balaban J connectivity index is 4.44. The Morgan fingerprint density at radius 3 is 2.39 bits per heavy atom. The van der Waals surface area contributed by atoms with Gasteiger partial charge >= 0.3 is 5.97 Å². The zero-order valence-electron chi connectivity index (χ0n) is 12.4. The van der Waals surface area contributed by atoms with E-state index in [4.69, 9.17) is 9.47 Å².